The quantitative estimate of drug-likeness (QED) is 0.387. The van der Waals surface area contributed by atoms with Gasteiger partial charge in [-0.2, -0.15) is 4.39 Å². The zero-order valence-electron chi connectivity index (χ0n) is 20.4. The second-order valence-corrected chi connectivity index (χ2v) is 11.2. The Morgan fingerprint density at radius 2 is 1.41 bits per heavy atom. The van der Waals surface area contributed by atoms with Gasteiger partial charge in [0.15, 0.2) is 11.6 Å². The highest BCUT2D eigenvalue weighted by atomic mass is 19.2. The van der Waals surface area contributed by atoms with Crippen molar-refractivity contribution in [1.29, 1.82) is 0 Å². The van der Waals surface area contributed by atoms with Gasteiger partial charge >= 0.3 is 0 Å². The van der Waals surface area contributed by atoms with Gasteiger partial charge in [-0.1, -0.05) is 71.3 Å². The van der Waals surface area contributed by atoms with Crippen molar-refractivity contribution in [3.8, 4) is 5.75 Å². The number of fused-ring (bicyclic) bond motifs is 1. The maximum Gasteiger partial charge on any atom is 0.200 e. The Bertz CT molecular complexity index is 724. The summed E-state index contributed by atoms with van der Waals surface area (Å²) in [6.45, 7) is 4.73. The summed E-state index contributed by atoms with van der Waals surface area (Å²) >= 11 is 0. The molecule has 1 aromatic rings. The third-order valence-electron chi connectivity index (χ3n) is 9.23. The first kappa shape index (κ1) is 24.0. The maximum atomic E-state index is 14.8. The van der Waals surface area contributed by atoms with Crippen molar-refractivity contribution in [1.82, 2.24) is 0 Å². The second kappa shape index (κ2) is 11.3. The van der Waals surface area contributed by atoms with Gasteiger partial charge in [-0.05, 0) is 85.7 Å². The normalized spacial score (nSPS) is 33.0. The van der Waals surface area contributed by atoms with Crippen molar-refractivity contribution in [2.24, 2.45) is 29.6 Å². The van der Waals surface area contributed by atoms with E-state index in [1.54, 1.807) is 12.1 Å². The Kier molecular flexibility index (Phi) is 8.51. The standard InChI is InChI=1S/C29H44F2O/c1-3-17-32-27-16-15-26(28(30)29(27)31)25-14-13-23-18-22(11-12-24(23)19-25)10-9-21-7-5-20(4-2)6-8-21/h15-16,20-25H,3-14,17-19H2,1-2H3. The highest BCUT2D eigenvalue weighted by Crippen LogP contribution is 2.49. The van der Waals surface area contributed by atoms with Crippen molar-refractivity contribution < 1.29 is 13.5 Å². The summed E-state index contributed by atoms with van der Waals surface area (Å²) in [5, 5.41) is 0. The minimum atomic E-state index is -0.797. The summed E-state index contributed by atoms with van der Waals surface area (Å²) in [7, 11) is 0. The van der Waals surface area contributed by atoms with Crippen LogP contribution >= 0.6 is 0 Å². The molecule has 3 aliphatic carbocycles. The summed E-state index contributed by atoms with van der Waals surface area (Å²) < 4.78 is 34.7. The smallest absolute Gasteiger partial charge is 0.200 e. The molecule has 3 aliphatic rings. The topological polar surface area (TPSA) is 9.23 Å². The van der Waals surface area contributed by atoms with Crippen LogP contribution < -0.4 is 4.74 Å². The largest absolute Gasteiger partial charge is 0.490 e. The van der Waals surface area contributed by atoms with E-state index < -0.39 is 11.6 Å². The lowest BCUT2D eigenvalue weighted by Gasteiger charge is -2.43. The summed E-state index contributed by atoms with van der Waals surface area (Å²) in [4.78, 5) is 0. The second-order valence-electron chi connectivity index (χ2n) is 11.2. The van der Waals surface area contributed by atoms with Crippen LogP contribution in [-0.4, -0.2) is 6.61 Å². The minimum absolute atomic E-state index is 0.0606. The Morgan fingerprint density at radius 1 is 0.750 bits per heavy atom. The monoisotopic (exact) mass is 446 g/mol. The van der Waals surface area contributed by atoms with Crippen molar-refractivity contribution in [2.75, 3.05) is 6.61 Å². The number of ether oxygens (including phenoxy) is 1. The van der Waals surface area contributed by atoms with Crippen LogP contribution in [0.15, 0.2) is 12.1 Å². The van der Waals surface area contributed by atoms with Gasteiger partial charge in [0.2, 0.25) is 5.82 Å². The van der Waals surface area contributed by atoms with E-state index in [1.165, 1.54) is 70.6 Å². The summed E-state index contributed by atoms with van der Waals surface area (Å²) in [6.07, 6.45) is 18.1. The molecule has 0 heterocycles. The van der Waals surface area contributed by atoms with E-state index in [0.717, 1.165) is 42.9 Å². The van der Waals surface area contributed by atoms with Crippen LogP contribution in [0, 0.1) is 41.2 Å². The van der Waals surface area contributed by atoms with E-state index in [1.807, 2.05) is 6.92 Å². The van der Waals surface area contributed by atoms with Gasteiger partial charge in [-0.25, -0.2) is 4.39 Å². The van der Waals surface area contributed by atoms with Gasteiger partial charge in [0.1, 0.15) is 0 Å². The van der Waals surface area contributed by atoms with Crippen molar-refractivity contribution in [2.45, 2.75) is 110 Å². The average Bonchev–Trinajstić information content (AvgIpc) is 2.83. The Balaban J connectivity index is 1.26. The number of benzene rings is 1. The first-order valence-corrected chi connectivity index (χ1v) is 13.7. The van der Waals surface area contributed by atoms with E-state index in [-0.39, 0.29) is 11.7 Å². The van der Waals surface area contributed by atoms with Crippen LogP contribution in [0.5, 0.6) is 5.75 Å². The first-order valence-electron chi connectivity index (χ1n) is 13.7. The molecule has 0 saturated heterocycles. The first-order chi connectivity index (χ1) is 15.6. The third kappa shape index (κ3) is 5.68. The fraction of sp³-hybridized carbons (Fsp3) is 0.793. The van der Waals surface area contributed by atoms with Crippen LogP contribution in [0.3, 0.4) is 0 Å². The van der Waals surface area contributed by atoms with E-state index >= 15 is 0 Å². The van der Waals surface area contributed by atoms with Crippen LogP contribution in [-0.2, 0) is 0 Å². The Hall–Kier alpha value is -1.12. The van der Waals surface area contributed by atoms with Gasteiger partial charge in [0, 0.05) is 0 Å². The predicted octanol–water partition coefficient (Wildman–Crippen LogP) is 9.05. The molecule has 1 aromatic carbocycles. The molecule has 0 aliphatic heterocycles. The van der Waals surface area contributed by atoms with Crippen LogP contribution in [0.25, 0.3) is 0 Å². The molecule has 1 nitrogen and oxygen atoms in total. The van der Waals surface area contributed by atoms with Crippen molar-refractivity contribution >= 4 is 0 Å². The predicted molar refractivity (Wildman–Crippen MR) is 128 cm³/mol. The zero-order valence-corrected chi connectivity index (χ0v) is 20.4. The van der Waals surface area contributed by atoms with Crippen LogP contribution in [0.2, 0.25) is 0 Å². The third-order valence-corrected chi connectivity index (χ3v) is 9.23. The van der Waals surface area contributed by atoms with E-state index in [4.69, 9.17) is 4.74 Å². The molecule has 0 amide bonds. The molecule has 0 N–H and O–H groups in total. The number of hydrogen-bond donors (Lipinski definition) is 0. The fourth-order valence-electron chi connectivity index (χ4n) is 7.12. The highest BCUT2D eigenvalue weighted by molar-refractivity contribution is 5.33. The SMILES string of the molecule is CCCOc1ccc(C2CCC3CC(CCC4CCC(CC)CC4)CCC3C2)c(F)c1F. The average molecular weight is 447 g/mol. The minimum Gasteiger partial charge on any atom is -0.490 e. The van der Waals surface area contributed by atoms with Crippen molar-refractivity contribution in [3.63, 3.8) is 0 Å². The van der Waals surface area contributed by atoms with Gasteiger partial charge in [0.05, 0.1) is 6.61 Å². The molecule has 4 atom stereocenters. The summed E-state index contributed by atoms with van der Waals surface area (Å²) in [5.41, 5.74) is 0.578. The Labute approximate surface area is 194 Å². The van der Waals surface area contributed by atoms with E-state index in [2.05, 4.69) is 6.92 Å². The number of rotatable bonds is 8. The molecule has 3 saturated carbocycles. The molecule has 4 unspecified atom stereocenters. The molecule has 0 bridgehead atoms. The van der Waals surface area contributed by atoms with Gasteiger partial charge in [0.25, 0.3) is 0 Å². The van der Waals surface area contributed by atoms with Gasteiger partial charge in [-0.3, -0.25) is 0 Å². The Morgan fingerprint density at radius 3 is 2.16 bits per heavy atom. The lowest BCUT2D eigenvalue weighted by Crippen LogP contribution is -2.31. The fourth-order valence-corrected chi connectivity index (χ4v) is 7.12. The van der Waals surface area contributed by atoms with E-state index in [0.29, 0.717) is 18.1 Å². The molecule has 32 heavy (non-hydrogen) atoms. The zero-order chi connectivity index (χ0) is 22.5. The van der Waals surface area contributed by atoms with E-state index in [9.17, 15) is 8.78 Å². The van der Waals surface area contributed by atoms with Crippen LogP contribution in [0.4, 0.5) is 8.78 Å². The number of halogens is 2. The van der Waals surface area contributed by atoms with Crippen LogP contribution in [0.1, 0.15) is 115 Å². The molecule has 0 radical (unpaired) electrons. The van der Waals surface area contributed by atoms with Crippen molar-refractivity contribution in [3.05, 3.63) is 29.3 Å². The molecule has 0 spiro atoms. The van der Waals surface area contributed by atoms with Gasteiger partial charge in [-0.15, -0.1) is 0 Å². The summed E-state index contributed by atoms with van der Waals surface area (Å²) in [6, 6.07) is 3.42. The molecule has 4 rings (SSSR count). The lowest BCUT2D eigenvalue weighted by molar-refractivity contribution is 0.108. The molecular weight excluding hydrogens is 402 g/mol. The molecule has 180 valence electrons. The number of hydrogen-bond acceptors (Lipinski definition) is 1. The summed E-state index contributed by atoms with van der Waals surface area (Å²) in [5.74, 6) is 3.14. The molecule has 0 aromatic heterocycles. The molecule has 3 heteroatoms. The lowest BCUT2D eigenvalue weighted by atomic mass is 9.63. The highest BCUT2D eigenvalue weighted by Gasteiger charge is 2.37. The molecular formula is C29H44F2O. The molecule has 3 fully saturated rings. The van der Waals surface area contributed by atoms with Gasteiger partial charge < -0.3 is 4.74 Å². The maximum absolute atomic E-state index is 14.8.